The van der Waals surface area contributed by atoms with Crippen LogP contribution in [0.5, 0.6) is 0 Å². The van der Waals surface area contributed by atoms with Gasteiger partial charge in [0.1, 0.15) is 5.82 Å². The minimum Gasteiger partial charge on any atom is -0.237 e. The van der Waals surface area contributed by atoms with E-state index in [0.29, 0.717) is 0 Å². The molecule has 0 atom stereocenters. The fourth-order valence-electron chi connectivity index (χ4n) is 1.89. The van der Waals surface area contributed by atoms with Crippen molar-refractivity contribution in [1.82, 2.24) is 29.2 Å². The van der Waals surface area contributed by atoms with Crippen molar-refractivity contribution in [3.8, 4) is 0 Å². The molecule has 0 N–H and O–H groups in total. The standard InChI is InChI=1S/2C7H7N3.2C2H6/c1-6-5-7-8-3-2-4-10(7)9-6;1-6-8-7-4-2-3-5-10(7)9-6;2*1-2/h2*2-5H,1H3;2*1-2H3. The third-order valence-electron chi connectivity index (χ3n) is 2.71. The van der Waals surface area contributed by atoms with Crippen molar-refractivity contribution >= 4 is 11.3 Å². The third kappa shape index (κ3) is 5.15. The summed E-state index contributed by atoms with van der Waals surface area (Å²) in [5.74, 6) is 0.811. The SMILES string of the molecule is CC.CC.Cc1cc2ncccn2n1.Cc1nc2ccccn2n1. The summed E-state index contributed by atoms with van der Waals surface area (Å²) in [4.78, 5) is 8.27. The van der Waals surface area contributed by atoms with Gasteiger partial charge in [-0.3, -0.25) is 0 Å². The zero-order valence-electron chi connectivity index (χ0n) is 15.3. The minimum absolute atomic E-state index is 0.811. The summed E-state index contributed by atoms with van der Waals surface area (Å²) in [6.45, 7) is 11.8. The molecule has 0 amide bonds. The first-order chi connectivity index (χ1) is 11.7. The average Bonchev–Trinajstić information content (AvgIpc) is 3.19. The topological polar surface area (TPSA) is 60.4 Å². The second-order valence-corrected chi connectivity index (χ2v) is 4.37. The van der Waals surface area contributed by atoms with E-state index in [9.17, 15) is 0 Å². The lowest BCUT2D eigenvalue weighted by Gasteiger charge is -1.86. The molecule has 4 rings (SSSR count). The molecule has 0 saturated carbocycles. The number of nitrogens with zero attached hydrogens (tertiary/aromatic N) is 6. The number of hydrogen-bond acceptors (Lipinski definition) is 4. The van der Waals surface area contributed by atoms with E-state index in [-0.39, 0.29) is 0 Å². The molecule has 0 aliphatic carbocycles. The van der Waals surface area contributed by atoms with Gasteiger partial charge >= 0.3 is 0 Å². The first-order valence-electron chi connectivity index (χ1n) is 8.27. The number of rotatable bonds is 0. The Morgan fingerprint density at radius 2 is 1.46 bits per heavy atom. The van der Waals surface area contributed by atoms with Gasteiger partial charge in [0.25, 0.3) is 0 Å². The van der Waals surface area contributed by atoms with Crippen LogP contribution in [0.3, 0.4) is 0 Å². The Kier molecular flexibility index (Phi) is 8.11. The van der Waals surface area contributed by atoms with Crippen molar-refractivity contribution in [2.24, 2.45) is 0 Å². The molecule has 0 aromatic carbocycles. The first kappa shape index (κ1) is 19.3. The normalized spacial score (nSPS) is 9.25. The van der Waals surface area contributed by atoms with Gasteiger partial charge in [-0.1, -0.05) is 33.8 Å². The summed E-state index contributed by atoms with van der Waals surface area (Å²) in [6.07, 6.45) is 5.53. The van der Waals surface area contributed by atoms with Crippen LogP contribution >= 0.6 is 0 Å². The number of aromatic nitrogens is 6. The molecule has 0 unspecified atom stereocenters. The molecule has 0 aliphatic rings. The molecular formula is C18H26N6. The van der Waals surface area contributed by atoms with Gasteiger partial charge in [0.15, 0.2) is 11.3 Å². The number of hydrogen-bond donors (Lipinski definition) is 0. The second kappa shape index (κ2) is 10.1. The van der Waals surface area contributed by atoms with Crippen LogP contribution in [0.15, 0.2) is 48.9 Å². The highest BCUT2D eigenvalue weighted by atomic mass is 15.3. The lowest BCUT2D eigenvalue weighted by atomic mass is 10.5. The molecule has 24 heavy (non-hydrogen) atoms. The number of fused-ring (bicyclic) bond motifs is 2. The Bertz CT molecular complexity index is 709. The van der Waals surface area contributed by atoms with E-state index in [0.717, 1.165) is 22.8 Å². The highest BCUT2D eigenvalue weighted by Gasteiger charge is 1.94. The summed E-state index contributed by atoms with van der Waals surface area (Å²) in [5, 5.41) is 8.29. The molecule has 128 valence electrons. The van der Waals surface area contributed by atoms with Crippen LogP contribution in [-0.2, 0) is 0 Å². The van der Waals surface area contributed by atoms with Crippen molar-refractivity contribution in [3.63, 3.8) is 0 Å². The van der Waals surface area contributed by atoms with E-state index < -0.39 is 0 Å². The smallest absolute Gasteiger partial charge is 0.155 e. The largest absolute Gasteiger partial charge is 0.237 e. The summed E-state index contributed by atoms with van der Waals surface area (Å²) in [6, 6.07) is 9.62. The molecule has 0 fully saturated rings. The molecule has 0 aliphatic heterocycles. The Hall–Kier alpha value is -2.76. The summed E-state index contributed by atoms with van der Waals surface area (Å²) >= 11 is 0. The van der Waals surface area contributed by atoms with Gasteiger partial charge in [0, 0.05) is 24.7 Å². The van der Waals surface area contributed by atoms with E-state index in [4.69, 9.17) is 0 Å². The number of aryl methyl sites for hydroxylation is 2. The fourth-order valence-corrected chi connectivity index (χ4v) is 1.89. The lowest BCUT2D eigenvalue weighted by Crippen LogP contribution is -1.86. The molecule has 0 radical (unpaired) electrons. The first-order valence-corrected chi connectivity index (χ1v) is 8.27. The monoisotopic (exact) mass is 326 g/mol. The van der Waals surface area contributed by atoms with E-state index >= 15 is 0 Å². The average molecular weight is 326 g/mol. The maximum atomic E-state index is 4.17. The third-order valence-corrected chi connectivity index (χ3v) is 2.71. The van der Waals surface area contributed by atoms with E-state index in [1.54, 1.807) is 15.2 Å². The Balaban J connectivity index is 0.000000199. The second-order valence-electron chi connectivity index (χ2n) is 4.37. The predicted molar refractivity (Wildman–Crippen MR) is 98.1 cm³/mol. The molecule has 4 aromatic rings. The maximum absolute atomic E-state index is 4.17. The van der Waals surface area contributed by atoms with Gasteiger partial charge < -0.3 is 0 Å². The van der Waals surface area contributed by atoms with Crippen LogP contribution in [0, 0.1) is 13.8 Å². The van der Waals surface area contributed by atoms with Crippen molar-refractivity contribution < 1.29 is 0 Å². The molecular weight excluding hydrogens is 300 g/mol. The maximum Gasteiger partial charge on any atom is 0.155 e. The zero-order valence-corrected chi connectivity index (χ0v) is 15.3. The Morgan fingerprint density at radius 1 is 0.792 bits per heavy atom. The van der Waals surface area contributed by atoms with Crippen molar-refractivity contribution in [2.75, 3.05) is 0 Å². The fraction of sp³-hybridized carbons (Fsp3) is 0.333. The van der Waals surface area contributed by atoms with Crippen molar-refractivity contribution in [2.45, 2.75) is 41.5 Å². The predicted octanol–water partition coefficient (Wildman–Crippen LogP) is 4.13. The van der Waals surface area contributed by atoms with Crippen molar-refractivity contribution in [3.05, 3.63) is 60.4 Å². The highest BCUT2D eigenvalue weighted by molar-refractivity contribution is 5.37. The van der Waals surface area contributed by atoms with E-state index in [2.05, 4.69) is 20.2 Å². The van der Waals surface area contributed by atoms with Gasteiger partial charge in [-0.2, -0.15) is 10.2 Å². The minimum atomic E-state index is 0.811. The molecule has 0 bridgehead atoms. The number of pyridine rings is 1. The van der Waals surface area contributed by atoms with Gasteiger partial charge in [0.05, 0.1) is 5.69 Å². The molecule has 6 nitrogen and oxygen atoms in total. The zero-order chi connectivity index (χ0) is 17.9. The highest BCUT2D eigenvalue weighted by Crippen LogP contribution is 1.99. The van der Waals surface area contributed by atoms with Crippen molar-refractivity contribution in [1.29, 1.82) is 0 Å². The van der Waals surface area contributed by atoms with E-state index in [1.165, 1.54) is 0 Å². The molecule has 4 aromatic heterocycles. The van der Waals surface area contributed by atoms with Crippen LogP contribution in [-0.4, -0.2) is 29.2 Å². The van der Waals surface area contributed by atoms with E-state index in [1.807, 2.05) is 84.3 Å². The van der Waals surface area contributed by atoms with Crippen LogP contribution in [0.2, 0.25) is 0 Å². The summed E-state index contributed by atoms with van der Waals surface area (Å²) in [7, 11) is 0. The van der Waals surface area contributed by atoms with Crippen LogP contribution in [0.4, 0.5) is 0 Å². The van der Waals surface area contributed by atoms with Gasteiger partial charge in [-0.25, -0.2) is 19.0 Å². The van der Waals surface area contributed by atoms with Gasteiger partial charge in [0.2, 0.25) is 0 Å². The van der Waals surface area contributed by atoms with Gasteiger partial charge in [-0.05, 0) is 32.0 Å². The summed E-state index contributed by atoms with van der Waals surface area (Å²) in [5.41, 5.74) is 2.80. The molecule has 0 saturated heterocycles. The van der Waals surface area contributed by atoms with Gasteiger partial charge in [-0.15, -0.1) is 0 Å². The lowest BCUT2D eigenvalue weighted by molar-refractivity contribution is 0.917. The molecule has 0 spiro atoms. The Labute approximate surface area is 143 Å². The van der Waals surface area contributed by atoms with Crippen LogP contribution < -0.4 is 0 Å². The molecule has 6 heteroatoms. The van der Waals surface area contributed by atoms with Crippen LogP contribution in [0.1, 0.15) is 39.2 Å². The summed E-state index contributed by atoms with van der Waals surface area (Å²) < 4.78 is 3.52. The Morgan fingerprint density at radius 3 is 2.12 bits per heavy atom. The quantitative estimate of drug-likeness (QED) is 0.487. The van der Waals surface area contributed by atoms with Crippen LogP contribution in [0.25, 0.3) is 11.3 Å². The molecule has 4 heterocycles.